The zero-order valence-electron chi connectivity index (χ0n) is 12.7. The Bertz CT molecular complexity index is 468. The first kappa shape index (κ1) is 15.4. The summed E-state index contributed by atoms with van der Waals surface area (Å²) in [6.45, 7) is 6.99. The Labute approximate surface area is 125 Å². The molecule has 1 aromatic rings. The van der Waals surface area contributed by atoms with Gasteiger partial charge in [-0.3, -0.25) is 0 Å². The molecule has 1 aliphatic carbocycles. The zero-order chi connectivity index (χ0) is 14.6. The van der Waals surface area contributed by atoms with Gasteiger partial charge in [-0.25, -0.2) is 4.21 Å². The second-order valence-electron chi connectivity index (χ2n) is 6.79. The van der Waals surface area contributed by atoms with Crippen molar-refractivity contribution in [1.29, 1.82) is 0 Å². The lowest BCUT2D eigenvalue weighted by atomic mass is 9.70. The topological polar surface area (TPSA) is 29.4 Å². The Kier molecular flexibility index (Phi) is 5.14. The lowest BCUT2D eigenvalue weighted by Gasteiger charge is -2.35. The minimum absolute atomic E-state index is 0.412. The Morgan fingerprint density at radius 1 is 1.10 bits per heavy atom. The van der Waals surface area contributed by atoms with E-state index < -0.39 is 11.0 Å². The summed E-state index contributed by atoms with van der Waals surface area (Å²) in [7, 11) is -1.24. The van der Waals surface area contributed by atoms with Crippen LogP contribution in [0.3, 0.4) is 0 Å². The molecule has 1 saturated carbocycles. The Hall–Kier alpha value is -0.960. The predicted octanol–water partition coefficient (Wildman–Crippen LogP) is 4.63. The van der Waals surface area contributed by atoms with Gasteiger partial charge in [0.2, 0.25) is 0 Å². The van der Waals surface area contributed by atoms with Crippen molar-refractivity contribution in [3.8, 4) is 0 Å². The summed E-state index contributed by atoms with van der Waals surface area (Å²) in [6.07, 6.45) is 6.81. The maximum Gasteiger partial charge on any atom is 0.172 e. The highest BCUT2D eigenvalue weighted by Crippen LogP contribution is 2.39. The molecule has 110 valence electrons. The maximum absolute atomic E-state index is 12.0. The average molecular weight is 291 g/mol. The van der Waals surface area contributed by atoms with Gasteiger partial charge >= 0.3 is 0 Å². The smallest absolute Gasteiger partial charge is 0.172 e. The summed E-state index contributed by atoms with van der Waals surface area (Å²) in [5.41, 5.74) is 0.412. The summed E-state index contributed by atoms with van der Waals surface area (Å²) < 4.78 is 16.3. The molecule has 0 radical (unpaired) electrons. The molecule has 0 bridgehead atoms. The molecular formula is C17H25NOS. The van der Waals surface area contributed by atoms with Gasteiger partial charge in [-0.1, -0.05) is 39.0 Å². The van der Waals surface area contributed by atoms with Gasteiger partial charge in [-0.15, -0.1) is 0 Å². The van der Waals surface area contributed by atoms with Crippen LogP contribution in [0.5, 0.6) is 0 Å². The molecule has 1 aromatic carbocycles. The molecule has 2 rings (SSSR count). The minimum Gasteiger partial charge on any atom is -0.230 e. The quantitative estimate of drug-likeness (QED) is 0.746. The van der Waals surface area contributed by atoms with Gasteiger partial charge in [0.15, 0.2) is 11.0 Å². The number of benzene rings is 1. The van der Waals surface area contributed by atoms with Crippen molar-refractivity contribution >= 4 is 17.2 Å². The van der Waals surface area contributed by atoms with Crippen molar-refractivity contribution in [1.82, 2.24) is 0 Å². The van der Waals surface area contributed by atoms with E-state index in [1.165, 1.54) is 25.7 Å². The van der Waals surface area contributed by atoms with Crippen molar-refractivity contribution in [2.45, 2.75) is 51.3 Å². The van der Waals surface area contributed by atoms with Gasteiger partial charge in [0.05, 0.1) is 4.90 Å². The molecule has 3 heteroatoms. The third-order valence-electron chi connectivity index (χ3n) is 4.31. The van der Waals surface area contributed by atoms with E-state index in [0.29, 0.717) is 11.3 Å². The van der Waals surface area contributed by atoms with Crippen molar-refractivity contribution in [3.05, 3.63) is 30.3 Å². The number of hydrogen-bond acceptors (Lipinski definition) is 1. The van der Waals surface area contributed by atoms with Crippen molar-refractivity contribution in [2.24, 2.45) is 21.6 Å². The van der Waals surface area contributed by atoms with Crippen LogP contribution in [-0.4, -0.2) is 10.4 Å². The Morgan fingerprint density at radius 2 is 1.70 bits per heavy atom. The predicted molar refractivity (Wildman–Crippen MR) is 86.2 cm³/mol. The van der Waals surface area contributed by atoms with Crippen LogP contribution in [0.2, 0.25) is 0 Å². The number of hydrogen-bond donors (Lipinski definition) is 0. The number of nitrogens with zero attached hydrogens (tertiary/aromatic N) is 1. The minimum atomic E-state index is -1.24. The molecule has 0 N–H and O–H groups in total. The molecule has 0 heterocycles. The fraction of sp³-hybridized carbons (Fsp3) is 0.588. The third-order valence-corrected chi connectivity index (χ3v) is 5.30. The summed E-state index contributed by atoms with van der Waals surface area (Å²) in [4.78, 5) is 0.784. The van der Waals surface area contributed by atoms with E-state index in [4.69, 9.17) is 0 Å². The highest BCUT2D eigenvalue weighted by molar-refractivity contribution is 7.83. The van der Waals surface area contributed by atoms with E-state index in [9.17, 15) is 4.21 Å². The second-order valence-corrected chi connectivity index (χ2v) is 7.97. The standard InChI is InChI=1S/C17H25NOS/c1-17(2,3)15-11-9-14(10-12-15)13-18-20(19)16-7-5-4-6-8-16/h4-8,13-15H,9-12H2,1-3H3/t14?,15?,20-/m0/s1. The summed E-state index contributed by atoms with van der Waals surface area (Å²) in [5, 5.41) is 0. The van der Waals surface area contributed by atoms with Gasteiger partial charge in [-0.2, -0.15) is 4.40 Å². The molecule has 0 spiro atoms. The van der Waals surface area contributed by atoms with Crippen LogP contribution in [0, 0.1) is 17.3 Å². The third kappa shape index (κ3) is 4.27. The molecule has 0 aliphatic heterocycles. The van der Waals surface area contributed by atoms with Crippen LogP contribution in [0.25, 0.3) is 0 Å². The van der Waals surface area contributed by atoms with E-state index in [1.54, 1.807) is 0 Å². The largest absolute Gasteiger partial charge is 0.230 e. The van der Waals surface area contributed by atoms with Gasteiger partial charge in [0.25, 0.3) is 0 Å². The molecule has 2 nitrogen and oxygen atoms in total. The fourth-order valence-corrected chi connectivity index (χ4v) is 3.67. The van der Waals surface area contributed by atoms with E-state index in [1.807, 2.05) is 36.5 Å². The zero-order valence-corrected chi connectivity index (χ0v) is 13.5. The van der Waals surface area contributed by atoms with Crippen molar-refractivity contribution in [3.63, 3.8) is 0 Å². The van der Waals surface area contributed by atoms with Crippen LogP contribution in [0.15, 0.2) is 39.6 Å². The highest BCUT2D eigenvalue weighted by Gasteiger charge is 2.29. The van der Waals surface area contributed by atoms with Gasteiger partial charge in [-0.05, 0) is 55.1 Å². The van der Waals surface area contributed by atoms with Crippen molar-refractivity contribution in [2.75, 3.05) is 0 Å². The first-order valence-electron chi connectivity index (χ1n) is 7.48. The highest BCUT2D eigenvalue weighted by atomic mass is 32.2. The first-order chi connectivity index (χ1) is 9.47. The summed E-state index contributed by atoms with van der Waals surface area (Å²) >= 11 is 0. The van der Waals surface area contributed by atoms with E-state index >= 15 is 0 Å². The monoisotopic (exact) mass is 291 g/mol. The SMILES string of the molecule is CC(C)(C)C1CCC(C=N[S@@](=O)c2ccccc2)CC1. The summed E-state index contributed by atoms with van der Waals surface area (Å²) in [6, 6.07) is 9.46. The maximum atomic E-state index is 12.0. The van der Waals surface area contributed by atoms with E-state index in [0.717, 1.165) is 10.8 Å². The lowest BCUT2D eigenvalue weighted by Crippen LogP contribution is -2.26. The molecule has 1 atom stereocenters. The van der Waals surface area contributed by atoms with Crippen LogP contribution in [0.4, 0.5) is 0 Å². The van der Waals surface area contributed by atoms with Gasteiger partial charge in [0, 0.05) is 6.21 Å². The van der Waals surface area contributed by atoms with Gasteiger partial charge < -0.3 is 0 Å². The Balaban J connectivity index is 1.87. The van der Waals surface area contributed by atoms with Crippen LogP contribution >= 0.6 is 0 Å². The lowest BCUT2D eigenvalue weighted by molar-refractivity contribution is 0.168. The van der Waals surface area contributed by atoms with Crippen molar-refractivity contribution < 1.29 is 4.21 Å². The fourth-order valence-electron chi connectivity index (χ4n) is 2.87. The van der Waals surface area contributed by atoms with Crippen LogP contribution in [-0.2, 0) is 11.0 Å². The number of rotatable bonds is 3. The van der Waals surface area contributed by atoms with Crippen LogP contribution < -0.4 is 0 Å². The normalized spacial score (nSPS) is 25.8. The average Bonchev–Trinajstić information content (AvgIpc) is 2.45. The second kappa shape index (κ2) is 6.66. The van der Waals surface area contributed by atoms with E-state index in [2.05, 4.69) is 25.2 Å². The van der Waals surface area contributed by atoms with E-state index in [-0.39, 0.29) is 0 Å². The molecule has 0 amide bonds. The molecule has 20 heavy (non-hydrogen) atoms. The molecule has 0 saturated heterocycles. The summed E-state index contributed by atoms with van der Waals surface area (Å²) in [5.74, 6) is 1.31. The first-order valence-corrected chi connectivity index (χ1v) is 8.58. The Morgan fingerprint density at radius 3 is 2.25 bits per heavy atom. The molecule has 0 aromatic heterocycles. The molecular weight excluding hydrogens is 266 g/mol. The van der Waals surface area contributed by atoms with Crippen LogP contribution in [0.1, 0.15) is 46.5 Å². The van der Waals surface area contributed by atoms with Gasteiger partial charge in [0.1, 0.15) is 0 Å². The molecule has 1 fully saturated rings. The molecule has 1 aliphatic rings. The molecule has 0 unspecified atom stereocenters.